The van der Waals surface area contributed by atoms with E-state index in [1.54, 1.807) is 31.2 Å². The average molecular weight is 284 g/mol. The molecule has 0 aliphatic rings. The van der Waals surface area contributed by atoms with Crippen LogP contribution in [0.3, 0.4) is 0 Å². The lowest BCUT2D eigenvalue weighted by Gasteiger charge is -2.14. The Morgan fingerprint density at radius 2 is 1.61 bits per heavy atom. The van der Waals surface area contributed by atoms with Gasteiger partial charge < -0.3 is 5.73 Å². The molecule has 0 radical (unpaired) electrons. The summed E-state index contributed by atoms with van der Waals surface area (Å²) in [5.74, 6) is -0.236. The van der Waals surface area contributed by atoms with Crippen LogP contribution in [-0.4, -0.2) is 0 Å². The summed E-state index contributed by atoms with van der Waals surface area (Å²) in [7, 11) is 0. The second kappa shape index (κ2) is 5.27. The van der Waals surface area contributed by atoms with Gasteiger partial charge in [-0.25, -0.2) is 4.39 Å². The average Bonchev–Trinajstić information content (AvgIpc) is 2.35. The van der Waals surface area contributed by atoms with Crippen LogP contribution in [0.5, 0.6) is 0 Å². The molecule has 0 heterocycles. The Balaban J connectivity index is 2.37. The molecule has 2 rings (SSSR count). The lowest BCUT2D eigenvalue weighted by molar-refractivity contribution is 0.617. The summed E-state index contributed by atoms with van der Waals surface area (Å²) in [6.45, 7) is 1.71. The Labute approximate surface area is 115 Å². The van der Waals surface area contributed by atoms with Crippen LogP contribution in [0.25, 0.3) is 0 Å². The molecule has 4 heteroatoms. The van der Waals surface area contributed by atoms with Crippen LogP contribution in [0.15, 0.2) is 36.4 Å². The van der Waals surface area contributed by atoms with E-state index in [0.717, 1.165) is 11.1 Å². The molecular weight excluding hydrogens is 272 g/mol. The Bertz CT molecular complexity index is 533. The first-order valence-electron chi connectivity index (χ1n) is 5.45. The lowest BCUT2D eigenvalue weighted by atomic mass is 9.98. The van der Waals surface area contributed by atoms with Crippen molar-refractivity contribution >= 4 is 23.2 Å². The molecule has 0 aliphatic heterocycles. The van der Waals surface area contributed by atoms with Gasteiger partial charge in [0, 0.05) is 0 Å². The van der Waals surface area contributed by atoms with Crippen molar-refractivity contribution < 1.29 is 4.39 Å². The van der Waals surface area contributed by atoms with Gasteiger partial charge in [0.25, 0.3) is 0 Å². The third kappa shape index (κ3) is 2.66. The van der Waals surface area contributed by atoms with Crippen LogP contribution in [0.2, 0.25) is 10.0 Å². The maximum absolute atomic E-state index is 13.2. The normalized spacial score (nSPS) is 12.5. The van der Waals surface area contributed by atoms with Crippen LogP contribution in [0.4, 0.5) is 4.39 Å². The van der Waals surface area contributed by atoms with Gasteiger partial charge in [-0.3, -0.25) is 0 Å². The zero-order valence-corrected chi connectivity index (χ0v) is 11.3. The van der Waals surface area contributed by atoms with Crippen molar-refractivity contribution in [2.45, 2.75) is 13.0 Å². The molecule has 0 saturated heterocycles. The number of aryl methyl sites for hydroxylation is 1. The molecule has 18 heavy (non-hydrogen) atoms. The van der Waals surface area contributed by atoms with Gasteiger partial charge in [0.15, 0.2) is 0 Å². The highest BCUT2D eigenvalue weighted by Crippen LogP contribution is 2.28. The first-order chi connectivity index (χ1) is 8.49. The van der Waals surface area contributed by atoms with E-state index in [-0.39, 0.29) is 11.9 Å². The molecule has 0 spiro atoms. The molecule has 0 amide bonds. The van der Waals surface area contributed by atoms with Gasteiger partial charge in [0.2, 0.25) is 0 Å². The minimum Gasteiger partial charge on any atom is -0.320 e. The highest BCUT2D eigenvalue weighted by molar-refractivity contribution is 6.42. The molecular formula is C14H12Cl2FN. The van der Waals surface area contributed by atoms with Crippen molar-refractivity contribution in [3.05, 3.63) is 69.0 Å². The number of hydrogen-bond donors (Lipinski definition) is 1. The summed E-state index contributed by atoms with van der Waals surface area (Å²) in [5.41, 5.74) is 8.39. The zero-order valence-electron chi connectivity index (χ0n) is 9.75. The van der Waals surface area contributed by atoms with E-state index in [1.165, 1.54) is 6.07 Å². The highest BCUT2D eigenvalue weighted by atomic mass is 35.5. The Morgan fingerprint density at radius 1 is 1.00 bits per heavy atom. The van der Waals surface area contributed by atoms with Gasteiger partial charge in [-0.2, -0.15) is 0 Å². The summed E-state index contributed by atoms with van der Waals surface area (Å²) in [4.78, 5) is 0. The van der Waals surface area contributed by atoms with Gasteiger partial charge in [0.05, 0.1) is 16.1 Å². The van der Waals surface area contributed by atoms with Gasteiger partial charge in [-0.05, 0) is 41.8 Å². The van der Waals surface area contributed by atoms with Crippen LogP contribution in [0, 0.1) is 12.7 Å². The number of rotatable bonds is 2. The Hall–Kier alpha value is -1.09. The Kier molecular flexibility index (Phi) is 3.91. The third-order valence-electron chi connectivity index (χ3n) is 2.84. The van der Waals surface area contributed by atoms with Crippen molar-refractivity contribution in [2.75, 3.05) is 0 Å². The number of hydrogen-bond acceptors (Lipinski definition) is 1. The fourth-order valence-corrected chi connectivity index (χ4v) is 2.07. The van der Waals surface area contributed by atoms with E-state index in [4.69, 9.17) is 28.9 Å². The first-order valence-corrected chi connectivity index (χ1v) is 6.21. The van der Waals surface area contributed by atoms with Crippen molar-refractivity contribution in [1.29, 1.82) is 0 Å². The zero-order chi connectivity index (χ0) is 13.3. The maximum Gasteiger partial charge on any atom is 0.126 e. The van der Waals surface area contributed by atoms with E-state index < -0.39 is 0 Å². The predicted molar refractivity (Wildman–Crippen MR) is 73.6 cm³/mol. The molecule has 2 N–H and O–H groups in total. The first kappa shape index (κ1) is 13.3. The Morgan fingerprint density at radius 3 is 2.22 bits per heavy atom. The molecule has 2 aromatic rings. The number of nitrogens with two attached hydrogens (primary N) is 1. The van der Waals surface area contributed by atoms with Crippen LogP contribution >= 0.6 is 23.2 Å². The minimum atomic E-state index is -0.348. The second-order valence-corrected chi connectivity index (χ2v) is 4.97. The SMILES string of the molecule is Cc1cc(C(N)c2ccc(Cl)c(Cl)c2)ccc1F. The minimum absolute atomic E-state index is 0.236. The van der Waals surface area contributed by atoms with Crippen molar-refractivity contribution in [3.63, 3.8) is 0 Å². The van der Waals surface area contributed by atoms with E-state index in [2.05, 4.69) is 0 Å². The van der Waals surface area contributed by atoms with Gasteiger partial charge in [0.1, 0.15) is 5.82 Å². The standard InChI is InChI=1S/C14H12Cl2FN/c1-8-6-9(3-5-13(8)17)14(18)10-2-4-11(15)12(16)7-10/h2-7,14H,18H2,1H3. The monoisotopic (exact) mass is 283 g/mol. The molecule has 2 aromatic carbocycles. The van der Waals surface area contributed by atoms with Crippen molar-refractivity contribution in [3.8, 4) is 0 Å². The molecule has 1 unspecified atom stereocenters. The molecule has 0 bridgehead atoms. The summed E-state index contributed by atoms with van der Waals surface area (Å²) in [6, 6.07) is 9.74. The van der Waals surface area contributed by atoms with E-state index >= 15 is 0 Å². The van der Waals surface area contributed by atoms with E-state index in [1.807, 2.05) is 6.07 Å². The van der Waals surface area contributed by atoms with Crippen LogP contribution in [-0.2, 0) is 0 Å². The third-order valence-corrected chi connectivity index (χ3v) is 3.58. The van der Waals surface area contributed by atoms with Crippen molar-refractivity contribution in [2.24, 2.45) is 5.73 Å². The molecule has 0 aliphatic carbocycles. The second-order valence-electron chi connectivity index (χ2n) is 4.16. The summed E-state index contributed by atoms with van der Waals surface area (Å²) in [5, 5.41) is 0.950. The summed E-state index contributed by atoms with van der Waals surface area (Å²) < 4.78 is 13.2. The molecule has 1 nitrogen and oxygen atoms in total. The number of halogens is 3. The topological polar surface area (TPSA) is 26.0 Å². The number of benzene rings is 2. The van der Waals surface area contributed by atoms with Gasteiger partial charge in [-0.15, -0.1) is 0 Å². The highest BCUT2D eigenvalue weighted by Gasteiger charge is 2.11. The van der Waals surface area contributed by atoms with Gasteiger partial charge in [-0.1, -0.05) is 41.4 Å². The fraction of sp³-hybridized carbons (Fsp3) is 0.143. The molecule has 0 saturated carbocycles. The maximum atomic E-state index is 13.2. The van der Waals surface area contributed by atoms with Crippen LogP contribution < -0.4 is 5.73 Å². The quantitative estimate of drug-likeness (QED) is 0.864. The lowest BCUT2D eigenvalue weighted by Crippen LogP contribution is -2.12. The fourth-order valence-electron chi connectivity index (χ4n) is 1.76. The van der Waals surface area contributed by atoms with E-state index in [9.17, 15) is 4.39 Å². The summed E-state index contributed by atoms with van der Waals surface area (Å²) in [6.07, 6.45) is 0. The molecule has 0 fully saturated rings. The van der Waals surface area contributed by atoms with Crippen LogP contribution in [0.1, 0.15) is 22.7 Å². The summed E-state index contributed by atoms with van der Waals surface area (Å²) >= 11 is 11.8. The van der Waals surface area contributed by atoms with E-state index in [0.29, 0.717) is 15.6 Å². The predicted octanol–water partition coefficient (Wildman–Crippen LogP) is 4.49. The van der Waals surface area contributed by atoms with Gasteiger partial charge >= 0.3 is 0 Å². The molecule has 94 valence electrons. The van der Waals surface area contributed by atoms with Crippen molar-refractivity contribution in [1.82, 2.24) is 0 Å². The smallest absolute Gasteiger partial charge is 0.126 e. The molecule has 0 aromatic heterocycles. The molecule has 1 atom stereocenters. The largest absolute Gasteiger partial charge is 0.320 e.